The van der Waals surface area contributed by atoms with Crippen molar-refractivity contribution in [2.24, 2.45) is 5.73 Å². The zero-order chi connectivity index (χ0) is 13.1. The third-order valence-corrected chi connectivity index (χ3v) is 4.91. The van der Waals surface area contributed by atoms with E-state index < -0.39 is 0 Å². The molecule has 2 aromatic rings. The van der Waals surface area contributed by atoms with Crippen LogP contribution in [-0.2, 0) is 6.54 Å². The third-order valence-electron chi connectivity index (χ3n) is 3.91. The van der Waals surface area contributed by atoms with Crippen molar-refractivity contribution in [2.75, 3.05) is 13.1 Å². The molecule has 0 aliphatic carbocycles. The molecule has 0 spiro atoms. The van der Waals surface area contributed by atoms with Gasteiger partial charge in [-0.3, -0.25) is 4.90 Å². The number of rotatable bonds is 3. The molecule has 2 N–H and O–H groups in total. The molecule has 1 aliphatic rings. The molecular formula is C16H20N2S. The van der Waals surface area contributed by atoms with E-state index in [-0.39, 0.29) is 0 Å². The van der Waals surface area contributed by atoms with Gasteiger partial charge in [-0.15, -0.1) is 11.3 Å². The topological polar surface area (TPSA) is 29.3 Å². The summed E-state index contributed by atoms with van der Waals surface area (Å²) in [4.78, 5) is 3.97. The zero-order valence-electron chi connectivity index (χ0n) is 11.0. The molecule has 3 rings (SSSR count). The summed E-state index contributed by atoms with van der Waals surface area (Å²) in [5, 5.41) is 2.15. The normalized spacial score (nSPS) is 24.5. The number of nitrogens with zero attached hydrogens (tertiary/aromatic N) is 1. The van der Waals surface area contributed by atoms with Crippen LogP contribution in [0.4, 0.5) is 0 Å². The lowest BCUT2D eigenvalue weighted by molar-refractivity contribution is 0.184. The fourth-order valence-electron chi connectivity index (χ4n) is 2.83. The summed E-state index contributed by atoms with van der Waals surface area (Å²) < 4.78 is 0. The second-order valence-electron chi connectivity index (χ2n) is 5.30. The molecule has 100 valence electrons. The molecule has 0 amide bonds. The van der Waals surface area contributed by atoms with Crippen molar-refractivity contribution in [3.8, 4) is 0 Å². The summed E-state index contributed by atoms with van der Waals surface area (Å²) in [6.07, 6.45) is 1.09. The molecule has 0 bridgehead atoms. The molecule has 1 aromatic heterocycles. The summed E-state index contributed by atoms with van der Waals surface area (Å²) in [5.74, 6) is 0.498. The summed E-state index contributed by atoms with van der Waals surface area (Å²) in [6, 6.07) is 15.4. The SMILES string of the molecule is N[C@@H]1CCN(Cc2ccccc2)C[C@H]1c1cccs1. The third kappa shape index (κ3) is 3.06. The predicted molar refractivity (Wildman–Crippen MR) is 81.4 cm³/mol. The van der Waals surface area contributed by atoms with Crippen molar-refractivity contribution in [2.45, 2.75) is 24.9 Å². The molecule has 3 heteroatoms. The Morgan fingerprint density at radius 3 is 2.74 bits per heavy atom. The molecular weight excluding hydrogens is 252 g/mol. The van der Waals surface area contributed by atoms with Crippen molar-refractivity contribution in [3.05, 3.63) is 58.3 Å². The lowest BCUT2D eigenvalue weighted by atomic mass is 9.91. The first-order valence-corrected chi connectivity index (χ1v) is 7.76. The monoisotopic (exact) mass is 272 g/mol. The van der Waals surface area contributed by atoms with E-state index in [0.717, 1.165) is 26.1 Å². The number of piperidine rings is 1. The number of nitrogens with two attached hydrogens (primary N) is 1. The molecule has 0 saturated carbocycles. The number of hydrogen-bond acceptors (Lipinski definition) is 3. The van der Waals surface area contributed by atoms with Crippen LogP contribution in [0.1, 0.15) is 22.8 Å². The molecule has 2 heterocycles. The first-order chi connectivity index (χ1) is 9.33. The van der Waals surface area contributed by atoms with Crippen LogP contribution < -0.4 is 5.73 Å². The quantitative estimate of drug-likeness (QED) is 0.930. The molecule has 2 nitrogen and oxygen atoms in total. The van der Waals surface area contributed by atoms with Crippen LogP contribution >= 0.6 is 11.3 Å². The molecule has 1 aliphatic heterocycles. The van der Waals surface area contributed by atoms with Gasteiger partial charge in [-0.2, -0.15) is 0 Å². The van der Waals surface area contributed by atoms with Gasteiger partial charge in [0, 0.05) is 36.5 Å². The van der Waals surface area contributed by atoms with E-state index in [9.17, 15) is 0 Å². The Morgan fingerprint density at radius 2 is 2.00 bits per heavy atom. The van der Waals surface area contributed by atoms with Crippen molar-refractivity contribution >= 4 is 11.3 Å². The Balaban J connectivity index is 1.68. The summed E-state index contributed by atoms with van der Waals surface area (Å²) >= 11 is 1.83. The van der Waals surface area contributed by atoms with Gasteiger partial charge in [-0.1, -0.05) is 36.4 Å². The fourth-order valence-corrected chi connectivity index (χ4v) is 3.72. The molecule has 1 aromatic carbocycles. The van der Waals surface area contributed by atoms with Crippen molar-refractivity contribution in [1.82, 2.24) is 4.90 Å². The Hall–Kier alpha value is -1.16. The first kappa shape index (κ1) is 12.9. The summed E-state index contributed by atoms with van der Waals surface area (Å²) in [6.45, 7) is 3.23. The average molecular weight is 272 g/mol. The van der Waals surface area contributed by atoms with E-state index in [1.807, 2.05) is 11.3 Å². The Kier molecular flexibility index (Phi) is 3.97. The Morgan fingerprint density at radius 1 is 1.16 bits per heavy atom. The van der Waals surface area contributed by atoms with E-state index in [0.29, 0.717) is 12.0 Å². The molecule has 1 saturated heterocycles. The van der Waals surface area contributed by atoms with Crippen LogP contribution in [0.2, 0.25) is 0 Å². The van der Waals surface area contributed by atoms with E-state index in [4.69, 9.17) is 5.73 Å². The minimum Gasteiger partial charge on any atom is -0.327 e. The van der Waals surface area contributed by atoms with Gasteiger partial charge in [0.15, 0.2) is 0 Å². The van der Waals surface area contributed by atoms with E-state index >= 15 is 0 Å². The van der Waals surface area contributed by atoms with Crippen LogP contribution in [0.15, 0.2) is 47.8 Å². The maximum absolute atomic E-state index is 6.31. The van der Waals surface area contributed by atoms with E-state index in [2.05, 4.69) is 52.7 Å². The van der Waals surface area contributed by atoms with Crippen molar-refractivity contribution < 1.29 is 0 Å². The van der Waals surface area contributed by atoms with Gasteiger partial charge in [0.05, 0.1) is 0 Å². The van der Waals surface area contributed by atoms with Gasteiger partial charge >= 0.3 is 0 Å². The van der Waals surface area contributed by atoms with Gasteiger partial charge in [0.1, 0.15) is 0 Å². The van der Waals surface area contributed by atoms with Gasteiger partial charge < -0.3 is 5.73 Å². The van der Waals surface area contributed by atoms with Crippen LogP contribution in [0, 0.1) is 0 Å². The minimum atomic E-state index is 0.311. The Labute approximate surface area is 118 Å². The fraction of sp³-hybridized carbons (Fsp3) is 0.375. The maximum atomic E-state index is 6.31. The average Bonchev–Trinajstić information content (AvgIpc) is 2.96. The summed E-state index contributed by atoms with van der Waals surface area (Å²) in [5.41, 5.74) is 7.70. The second kappa shape index (κ2) is 5.87. The minimum absolute atomic E-state index is 0.311. The van der Waals surface area contributed by atoms with Crippen LogP contribution in [-0.4, -0.2) is 24.0 Å². The first-order valence-electron chi connectivity index (χ1n) is 6.88. The summed E-state index contributed by atoms with van der Waals surface area (Å²) in [7, 11) is 0. The highest BCUT2D eigenvalue weighted by molar-refractivity contribution is 7.10. The predicted octanol–water partition coefficient (Wildman–Crippen LogP) is 3.06. The molecule has 19 heavy (non-hydrogen) atoms. The smallest absolute Gasteiger partial charge is 0.0234 e. The molecule has 1 fully saturated rings. The van der Waals surface area contributed by atoms with Crippen LogP contribution in [0.5, 0.6) is 0 Å². The largest absolute Gasteiger partial charge is 0.327 e. The number of benzene rings is 1. The number of likely N-dealkylation sites (tertiary alicyclic amines) is 1. The van der Waals surface area contributed by atoms with Crippen molar-refractivity contribution in [3.63, 3.8) is 0 Å². The van der Waals surface area contributed by atoms with Crippen LogP contribution in [0.3, 0.4) is 0 Å². The maximum Gasteiger partial charge on any atom is 0.0234 e. The highest BCUT2D eigenvalue weighted by atomic mass is 32.1. The van der Waals surface area contributed by atoms with Gasteiger partial charge in [0.25, 0.3) is 0 Å². The zero-order valence-corrected chi connectivity index (χ0v) is 11.9. The van der Waals surface area contributed by atoms with E-state index in [1.165, 1.54) is 10.4 Å². The Bertz CT molecular complexity index is 495. The van der Waals surface area contributed by atoms with Crippen molar-refractivity contribution in [1.29, 1.82) is 0 Å². The second-order valence-corrected chi connectivity index (χ2v) is 6.27. The van der Waals surface area contributed by atoms with Crippen LogP contribution in [0.25, 0.3) is 0 Å². The van der Waals surface area contributed by atoms with Gasteiger partial charge in [-0.05, 0) is 23.4 Å². The highest BCUT2D eigenvalue weighted by Gasteiger charge is 2.28. The van der Waals surface area contributed by atoms with E-state index in [1.54, 1.807) is 0 Å². The molecule has 2 atom stereocenters. The number of thiophene rings is 1. The van der Waals surface area contributed by atoms with Gasteiger partial charge in [-0.25, -0.2) is 0 Å². The lowest BCUT2D eigenvalue weighted by Gasteiger charge is -2.36. The highest BCUT2D eigenvalue weighted by Crippen LogP contribution is 2.29. The molecule has 0 radical (unpaired) electrons. The standard InChI is InChI=1S/C16H20N2S/c17-15-8-9-18(11-13-5-2-1-3-6-13)12-14(15)16-7-4-10-19-16/h1-7,10,14-15H,8-9,11-12,17H2/t14-,15-/m1/s1. The molecule has 0 unspecified atom stereocenters. The lowest BCUT2D eigenvalue weighted by Crippen LogP contribution is -2.45. The number of hydrogen-bond donors (Lipinski definition) is 1. The van der Waals surface area contributed by atoms with Gasteiger partial charge in [0.2, 0.25) is 0 Å².